The Bertz CT molecular complexity index is 292. The van der Waals surface area contributed by atoms with E-state index in [2.05, 4.69) is 34.8 Å². The van der Waals surface area contributed by atoms with Crippen LogP contribution in [0, 0.1) is 5.41 Å². The van der Waals surface area contributed by atoms with Crippen molar-refractivity contribution in [2.24, 2.45) is 10.4 Å². The van der Waals surface area contributed by atoms with Gasteiger partial charge in [0.25, 0.3) is 0 Å². The second kappa shape index (κ2) is 10.3. The van der Waals surface area contributed by atoms with Crippen molar-refractivity contribution in [3.05, 3.63) is 0 Å². The minimum atomic E-state index is -0.493. The number of carbonyl (C=O) groups excluding carboxylic acids is 1. The Balaban J connectivity index is 0. The molecule has 0 heterocycles. The maximum absolute atomic E-state index is 11.7. The molecule has 5 nitrogen and oxygen atoms in total. The van der Waals surface area contributed by atoms with E-state index in [4.69, 9.17) is 0 Å². The number of nitrogens with one attached hydrogen (secondary N) is 3. The summed E-state index contributed by atoms with van der Waals surface area (Å²) in [6, 6.07) is 0.367. The lowest BCUT2D eigenvalue weighted by Crippen LogP contribution is -2.43. The van der Waals surface area contributed by atoms with Gasteiger partial charge >= 0.3 is 0 Å². The third kappa shape index (κ3) is 8.28. The van der Waals surface area contributed by atoms with Gasteiger partial charge in [0.1, 0.15) is 0 Å². The van der Waals surface area contributed by atoms with E-state index in [-0.39, 0.29) is 29.9 Å². The van der Waals surface area contributed by atoms with Crippen molar-refractivity contribution in [2.45, 2.75) is 47.1 Å². The highest BCUT2D eigenvalue weighted by molar-refractivity contribution is 14.0. The lowest BCUT2D eigenvalue weighted by atomic mass is 9.93. The zero-order valence-electron chi connectivity index (χ0n) is 13.0. The lowest BCUT2D eigenvalue weighted by Gasteiger charge is -2.22. The molecule has 0 aliphatic heterocycles. The van der Waals surface area contributed by atoms with Gasteiger partial charge in [-0.2, -0.15) is 0 Å². The molecule has 0 aliphatic carbocycles. The van der Waals surface area contributed by atoms with E-state index in [9.17, 15) is 4.79 Å². The summed E-state index contributed by atoms with van der Waals surface area (Å²) in [4.78, 5) is 16.1. The molecule has 19 heavy (non-hydrogen) atoms. The first-order valence-corrected chi connectivity index (χ1v) is 6.64. The van der Waals surface area contributed by atoms with Crippen LogP contribution in [0.4, 0.5) is 0 Å². The average molecular weight is 384 g/mol. The summed E-state index contributed by atoms with van der Waals surface area (Å²) in [5, 5.41) is 9.15. The molecule has 6 heteroatoms. The number of hydrogen-bond donors (Lipinski definition) is 3. The second-order valence-corrected chi connectivity index (χ2v) is 5.11. The molecule has 1 atom stereocenters. The number of carbonyl (C=O) groups is 1. The van der Waals surface area contributed by atoms with Crippen LogP contribution in [0.1, 0.15) is 41.0 Å². The quantitative estimate of drug-likeness (QED) is 0.371. The Hall–Kier alpha value is -0.530. The number of aliphatic imine (C=N–C) groups is 1. The molecule has 0 bridgehead atoms. The minimum absolute atomic E-state index is 0. The zero-order valence-corrected chi connectivity index (χ0v) is 15.3. The zero-order chi connectivity index (χ0) is 14.2. The Morgan fingerprint density at radius 3 is 2.32 bits per heavy atom. The van der Waals surface area contributed by atoms with Crippen LogP contribution in [0.25, 0.3) is 0 Å². The summed E-state index contributed by atoms with van der Waals surface area (Å²) < 4.78 is 0. The Morgan fingerprint density at radius 2 is 1.89 bits per heavy atom. The fourth-order valence-electron chi connectivity index (χ4n) is 1.34. The first kappa shape index (κ1) is 20.8. The number of guanidine groups is 1. The summed E-state index contributed by atoms with van der Waals surface area (Å²) in [6.07, 6.45) is 1.03. The first-order valence-electron chi connectivity index (χ1n) is 6.64. The van der Waals surface area contributed by atoms with Crippen molar-refractivity contribution >= 4 is 35.8 Å². The van der Waals surface area contributed by atoms with Crippen LogP contribution >= 0.6 is 24.0 Å². The maximum atomic E-state index is 11.7. The number of amides is 1. The summed E-state index contributed by atoms with van der Waals surface area (Å²) in [5.74, 6) is 0.773. The van der Waals surface area contributed by atoms with Gasteiger partial charge in [-0.25, -0.2) is 0 Å². The molecular formula is C13H29IN4O. The molecule has 114 valence electrons. The van der Waals surface area contributed by atoms with E-state index in [0.29, 0.717) is 12.6 Å². The van der Waals surface area contributed by atoms with Gasteiger partial charge in [-0.15, -0.1) is 24.0 Å². The summed E-state index contributed by atoms with van der Waals surface area (Å²) in [7, 11) is 1.65. The topological polar surface area (TPSA) is 65.5 Å². The summed E-state index contributed by atoms with van der Waals surface area (Å²) in [5.41, 5.74) is -0.493. The third-order valence-corrected chi connectivity index (χ3v) is 2.81. The standard InChI is InChI=1S/C13H28N4O.HI/c1-7-10(3)17-12(15-8-2)16-9-13(4,5)11(18)14-6;/h10H,7-9H2,1-6H3,(H,14,18)(H2,15,16,17);1H. The highest BCUT2D eigenvalue weighted by Crippen LogP contribution is 2.15. The van der Waals surface area contributed by atoms with Crippen LogP contribution in [-0.4, -0.2) is 38.0 Å². The number of hydrogen-bond acceptors (Lipinski definition) is 2. The van der Waals surface area contributed by atoms with Crippen LogP contribution in [-0.2, 0) is 4.79 Å². The average Bonchev–Trinajstić information content (AvgIpc) is 2.34. The molecule has 0 saturated heterocycles. The fraction of sp³-hybridized carbons (Fsp3) is 0.846. The van der Waals surface area contributed by atoms with Crippen molar-refractivity contribution in [3.63, 3.8) is 0 Å². The van der Waals surface area contributed by atoms with Crippen molar-refractivity contribution in [1.29, 1.82) is 0 Å². The van der Waals surface area contributed by atoms with Gasteiger partial charge in [0.05, 0.1) is 12.0 Å². The lowest BCUT2D eigenvalue weighted by molar-refractivity contribution is -0.128. The molecule has 0 aromatic carbocycles. The van der Waals surface area contributed by atoms with E-state index in [1.165, 1.54) is 0 Å². The van der Waals surface area contributed by atoms with Crippen LogP contribution < -0.4 is 16.0 Å². The fourth-order valence-corrected chi connectivity index (χ4v) is 1.34. The van der Waals surface area contributed by atoms with E-state index in [1.807, 2.05) is 20.8 Å². The Morgan fingerprint density at radius 1 is 1.32 bits per heavy atom. The van der Waals surface area contributed by atoms with Crippen molar-refractivity contribution in [2.75, 3.05) is 20.1 Å². The number of rotatable bonds is 6. The van der Waals surface area contributed by atoms with Crippen LogP contribution in [0.15, 0.2) is 4.99 Å². The first-order chi connectivity index (χ1) is 8.37. The molecule has 0 aromatic heterocycles. The monoisotopic (exact) mass is 384 g/mol. The van der Waals surface area contributed by atoms with Gasteiger partial charge in [-0.3, -0.25) is 9.79 Å². The Kier molecular flexibility index (Phi) is 11.2. The van der Waals surface area contributed by atoms with Crippen LogP contribution in [0.2, 0.25) is 0 Å². The highest BCUT2D eigenvalue weighted by Gasteiger charge is 2.26. The maximum Gasteiger partial charge on any atom is 0.227 e. The van der Waals surface area contributed by atoms with E-state index < -0.39 is 5.41 Å². The van der Waals surface area contributed by atoms with Crippen molar-refractivity contribution in [3.8, 4) is 0 Å². The Labute approximate surface area is 134 Å². The molecule has 0 rings (SSSR count). The van der Waals surface area contributed by atoms with Crippen LogP contribution in [0.3, 0.4) is 0 Å². The van der Waals surface area contributed by atoms with Crippen molar-refractivity contribution in [1.82, 2.24) is 16.0 Å². The molecule has 1 amide bonds. The van der Waals surface area contributed by atoms with Gasteiger partial charge in [-0.1, -0.05) is 6.92 Å². The highest BCUT2D eigenvalue weighted by atomic mass is 127. The SMILES string of the molecule is CCNC(=NCC(C)(C)C(=O)NC)NC(C)CC.I. The van der Waals surface area contributed by atoms with E-state index in [1.54, 1.807) is 7.05 Å². The van der Waals surface area contributed by atoms with E-state index >= 15 is 0 Å². The third-order valence-electron chi connectivity index (χ3n) is 2.81. The molecule has 3 N–H and O–H groups in total. The number of halogens is 1. The minimum Gasteiger partial charge on any atom is -0.359 e. The molecule has 0 fully saturated rings. The molecule has 0 radical (unpaired) electrons. The van der Waals surface area contributed by atoms with Gasteiger partial charge < -0.3 is 16.0 Å². The molecule has 0 spiro atoms. The molecule has 0 aliphatic rings. The number of nitrogens with zero attached hydrogens (tertiary/aromatic N) is 1. The molecule has 0 aromatic rings. The predicted octanol–water partition coefficient (Wildman–Crippen LogP) is 1.73. The normalized spacial score (nSPS) is 13.3. The molecule has 1 unspecified atom stereocenters. The largest absolute Gasteiger partial charge is 0.359 e. The van der Waals surface area contributed by atoms with Gasteiger partial charge in [0.2, 0.25) is 5.91 Å². The molecule has 0 saturated carbocycles. The summed E-state index contributed by atoms with van der Waals surface area (Å²) >= 11 is 0. The second-order valence-electron chi connectivity index (χ2n) is 5.11. The van der Waals surface area contributed by atoms with Gasteiger partial charge in [0.15, 0.2) is 5.96 Å². The predicted molar refractivity (Wildman–Crippen MR) is 92.1 cm³/mol. The smallest absolute Gasteiger partial charge is 0.227 e. The van der Waals surface area contributed by atoms with Gasteiger partial charge in [0, 0.05) is 19.6 Å². The van der Waals surface area contributed by atoms with E-state index in [0.717, 1.165) is 18.9 Å². The van der Waals surface area contributed by atoms with Gasteiger partial charge in [-0.05, 0) is 34.1 Å². The summed E-state index contributed by atoms with van der Waals surface area (Å²) in [6.45, 7) is 11.3. The molecular weight excluding hydrogens is 355 g/mol. The van der Waals surface area contributed by atoms with Crippen molar-refractivity contribution < 1.29 is 4.79 Å². The van der Waals surface area contributed by atoms with Crippen LogP contribution in [0.5, 0.6) is 0 Å².